The van der Waals surface area contributed by atoms with E-state index in [-0.39, 0.29) is 5.91 Å². The highest BCUT2D eigenvalue weighted by Gasteiger charge is 2.16. The van der Waals surface area contributed by atoms with Crippen LogP contribution in [0.2, 0.25) is 0 Å². The van der Waals surface area contributed by atoms with E-state index in [1.807, 2.05) is 36.4 Å². The molecule has 0 saturated carbocycles. The summed E-state index contributed by atoms with van der Waals surface area (Å²) in [6.07, 6.45) is 0.952. The van der Waals surface area contributed by atoms with Crippen LogP contribution < -0.4 is 10.1 Å². The van der Waals surface area contributed by atoms with Gasteiger partial charge in [-0.3, -0.25) is 4.79 Å². The van der Waals surface area contributed by atoms with Gasteiger partial charge in [0, 0.05) is 10.2 Å². The molecule has 2 aromatic carbocycles. The summed E-state index contributed by atoms with van der Waals surface area (Å²) in [5, 5.41) is 3.04. The third-order valence-corrected chi connectivity index (χ3v) is 4.46. The first-order valence-corrected chi connectivity index (χ1v) is 9.50. The molecular weight excluding hydrogens is 378 g/mol. The second-order valence-electron chi connectivity index (χ2n) is 6.87. The van der Waals surface area contributed by atoms with Crippen LogP contribution >= 0.6 is 15.9 Å². The molecule has 134 valence electrons. The third kappa shape index (κ3) is 5.60. The zero-order valence-corrected chi connectivity index (χ0v) is 16.9. The molecule has 4 heteroatoms. The summed E-state index contributed by atoms with van der Waals surface area (Å²) < 4.78 is 6.71. The minimum atomic E-state index is -0.158. The maximum absolute atomic E-state index is 12.8. The molecule has 0 spiro atoms. The number of rotatable bonds is 7. The fourth-order valence-electron chi connectivity index (χ4n) is 2.51. The Morgan fingerprint density at radius 3 is 2.52 bits per heavy atom. The van der Waals surface area contributed by atoms with Crippen molar-refractivity contribution in [2.24, 2.45) is 5.92 Å². The van der Waals surface area contributed by atoms with Gasteiger partial charge in [0.1, 0.15) is 5.75 Å². The Balaban J connectivity index is 2.22. The summed E-state index contributed by atoms with van der Waals surface area (Å²) in [4.78, 5) is 12.8. The average molecular weight is 404 g/mol. The van der Waals surface area contributed by atoms with Crippen molar-refractivity contribution in [2.45, 2.75) is 40.0 Å². The molecule has 0 aliphatic carbocycles. The number of para-hydroxylation sites is 1. The number of anilines is 1. The van der Waals surface area contributed by atoms with Gasteiger partial charge in [0.25, 0.3) is 5.91 Å². The van der Waals surface area contributed by atoms with E-state index in [1.165, 1.54) is 0 Å². The predicted molar refractivity (Wildman–Crippen MR) is 108 cm³/mol. The molecule has 2 rings (SSSR count). The summed E-state index contributed by atoms with van der Waals surface area (Å²) in [5.41, 5.74) is 2.50. The Hall–Kier alpha value is -1.81. The summed E-state index contributed by atoms with van der Waals surface area (Å²) in [7, 11) is 0. The fraction of sp³-hybridized carbons (Fsp3) is 0.381. The molecule has 0 aromatic heterocycles. The monoisotopic (exact) mass is 403 g/mol. The molecule has 0 unspecified atom stereocenters. The second-order valence-corrected chi connectivity index (χ2v) is 7.78. The van der Waals surface area contributed by atoms with E-state index in [2.05, 4.69) is 48.9 Å². The third-order valence-electron chi connectivity index (χ3n) is 3.97. The van der Waals surface area contributed by atoms with Crippen LogP contribution in [0.4, 0.5) is 5.69 Å². The minimum Gasteiger partial charge on any atom is -0.493 e. The van der Waals surface area contributed by atoms with Gasteiger partial charge in [-0.1, -0.05) is 61.8 Å². The highest BCUT2D eigenvalue weighted by Crippen LogP contribution is 2.27. The Morgan fingerprint density at radius 2 is 1.84 bits per heavy atom. The van der Waals surface area contributed by atoms with E-state index in [4.69, 9.17) is 4.74 Å². The van der Waals surface area contributed by atoms with Crippen molar-refractivity contribution < 1.29 is 9.53 Å². The van der Waals surface area contributed by atoms with Crippen molar-refractivity contribution in [3.8, 4) is 5.75 Å². The molecule has 0 aliphatic heterocycles. The van der Waals surface area contributed by atoms with E-state index in [1.54, 1.807) is 6.07 Å². The Morgan fingerprint density at radius 1 is 1.12 bits per heavy atom. The highest BCUT2D eigenvalue weighted by atomic mass is 79.9. The van der Waals surface area contributed by atoms with Crippen molar-refractivity contribution in [2.75, 3.05) is 11.9 Å². The number of carbonyl (C=O) groups is 1. The van der Waals surface area contributed by atoms with Crippen LogP contribution in [0.3, 0.4) is 0 Å². The highest BCUT2D eigenvalue weighted by molar-refractivity contribution is 9.10. The first-order valence-electron chi connectivity index (χ1n) is 8.71. The lowest BCUT2D eigenvalue weighted by molar-refractivity contribution is 0.102. The van der Waals surface area contributed by atoms with E-state index in [9.17, 15) is 4.79 Å². The standard InChI is InChI=1S/C21H26BrNO2/c1-14(2)11-12-25-20-10-9-16(22)13-18(20)21(24)23-19-8-6-5-7-17(19)15(3)4/h5-10,13-15H,11-12H2,1-4H3,(H,23,24). The average Bonchev–Trinajstić information content (AvgIpc) is 2.56. The molecule has 0 radical (unpaired) electrons. The number of hydrogen-bond acceptors (Lipinski definition) is 2. The summed E-state index contributed by atoms with van der Waals surface area (Å²) in [6.45, 7) is 9.14. The summed E-state index contributed by atoms with van der Waals surface area (Å²) >= 11 is 3.44. The number of benzene rings is 2. The molecule has 2 aromatic rings. The Kier molecular flexibility index (Phi) is 7.06. The van der Waals surface area contributed by atoms with E-state index in [0.717, 1.165) is 22.1 Å². The maximum Gasteiger partial charge on any atom is 0.259 e. The Bertz CT molecular complexity index is 726. The minimum absolute atomic E-state index is 0.158. The van der Waals surface area contributed by atoms with Crippen molar-refractivity contribution in [3.05, 3.63) is 58.1 Å². The lowest BCUT2D eigenvalue weighted by Crippen LogP contribution is -2.15. The molecule has 1 amide bonds. The molecule has 1 N–H and O–H groups in total. The number of hydrogen-bond donors (Lipinski definition) is 1. The van der Waals surface area contributed by atoms with E-state index < -0.39 is 0 Å². The lowest BCUT2D eigenvalue weighted by Gasteiger charge is -2.16. The van der Waals surface area contributed by atoms with Gasteiger partial charge < -0.3 is 10.1 Å². The predicted octanol–water partition coefficient (Wildman–Crippen LogP) is 6.25. The number of ether oxygens (including phenoxy) is 1. The number of carbonyl (C=O) groups excluding carboxylic acids is 1. The second kappa shape index (κ2) is 9.04. The van der Waals surface area contributed by atoms with Crippen LogP contribution in [-0.2, 0) is 0 Å². The fourth-order valence-corrected chi connectivity index (χ4v) is 2.88. The molecule has 0 bridgehead atoms. The summed E-state index contributed by atoms with van der Waals surface area (Å²) in [5.74, 6) is 1.35. The molecule has 3 nitrogen and oxygen atoms in total. The number of nitrogens with one attached hydrogen (secondary N) is 1. The number of amides is 1. The quantitative estimate of drug-likeness (QED) is 0.592. The molecule has 25 heavy (non-hydrogen) atoms. The van der Waals surface area contributed by atoms with Crippen LogP contribution in [0.15, 0.2) is 46.9 Å². The Labute approximate surface area is 158 Å². The van der Waals surface area contributed by atoms with E-state index >= 15 is 0 Å². The van der Waals surface area contributed by atoms with Crippen molar-refractivity contribution in [1.29, 1.82) is 0 Å². The molecule has 0 saturated heterocycles. The van der Waals surface area contributed by atoms with Gasteiger partial charge in [0.15, 0.2) is 0 Å². The van der Waals surface area contributed by atoms with Gasteiger partial charge in [0.2, 0.25) is 0 Å². The first-order chi connectivity index (χ1) is 11.9. The van der Waals surface area contributed by atoms with Gasteiger partial charge in [-0.2, -0.15) is 0 Å². The van der Waals surface area contributed by atoms with Crippen molar-refractivity contribution >= 4 is 27.5 Å². The smallest absolute Gasteiger partial charge is 0.259 e. The van der Waals surface area contributed by atoms with Crippen LogP contribution in [-0.4, -0.2) is 12.5 Å². The van der Waals surface area contributed by atoms with E-state index in [0.29, 0.717) is 29.8 Å². The van der Waals surface area contributed by atoms with Crippen LogP contribution in [0.5, 0.6) is 5.75 Å². The number of halogens is 1. The molecule has 0 heterocycles. The van der Waals surface area contributed by atoms with Crippen LogP contribution in [0.25, 0.3) is 0 Å². The SMILES string of the molecule is CC(C)CCOc1ccc(Br)cc1C(=O)Nc1ccccc1C(C)C. The maximum atomic E-state index is 12.8. The van der Waals surface area contributed by atoms with Gasteiger partial charge in [-0.25, -0.2) is 0 Å². The molecule has 0 atom stereocenters. The summed E-state index contributed by atoms with van der Waals surface area (Å²) in [6, 6.07) is 13.4. The normalized spacial score (nSPS) is 11.0. The zero-order chi connectivity index (χ0) is 18.4. The van der Waals surface area contributed by atoms with Gasteiger partial charge >= 0.3 is 0 Å². The topological polar surface area (TPSA) is 38.3 Å². The van der Waals surface area contributed by atoms with Crippen LogP contribution in [0, 0.1) is 5.92 Å². The van der Waals surface area contributed by atoms with Gasteiger partial charge in [-0.05, 0) is 48.1 Å². The molecular formula is C21H26BrNO2. The van der Waals surface area contributed by atoms with Gasteiger partial charge in [-0.15, -0.1) is 0 Å². The van der Waals surface area contributed by atoms with Crippen LogP contribution in [0.1, 0.15) is 56.0 Å². The van der Waals surface area contributed by atoms with Crippen molar-refractivity contribution in [3.63, 3.8) is 0 Å². The first kappa shape index (κ1) is 19.5. The van der Waals surface area contributed by atoms with Crippen molar-refractivity contribution in [1.82, 2.24) is 0 Å². The largest absolute Gasteiger partial charge is 0.493 e. The molecule has 0 fully saturated rings. The van der Waals surface area contributed by atoms with Gasteiger partial charge in [0.05, 0.1) is 12.2 Å². The molecule has 0 aliphatic rings. The zero-order valence-electron chi connectivity index (χ0n) is 15.3. The lowest BCUT2D eigenvalue weighted by atomic mass is 10.0.